The lowest BCUT2D eigenvalue weighted by molar-refractivity contribution is -0.121. The number of nitrogens with two attached hydrogens (primary N) is 1. The molecule has 0 aromatic heterocycles. The summed E-state index contributed by atoms with van der Waals surface area (Å²) in [7, 11) is 1.58. The summed E-state index contributed by atoms with van der Waals surface area (Å²) >= 11 is 0. The molecule has 1 aromatic rings. The predicted octanol–water partition coefficient (Wildman–Crippen LogP) is 0.598. The van der Waals surface area contributed by atoms with E-state index in [1.807, 2.05) is 18.2 Å². The molecule has 0 bridgehead atoms. The second-order valence-electron chi connectivity index (χ2n) is 3.65. The van der Waals surface area contributed by atoms with E-state index in [1.54, 1.807) is 13.2 Å². The number of hydrogen-bond acceptors (Lipinski definition) is 4. The van der Waals surface area contributed by atoms with E-state index in [4.69, 9.17) is 15.2 Å². The largest absolute Gasteiger partial charge is 0.382 e. The summed E-state index contributed by atoms with van der Waals surface area (Å²) < 4.78 is 9.95. The second-order valence-corrected chi connectivity index (χ2v) is 3.65. The van der Waals surface area contributed by atoms with E-state index >= 15 is 0 Å². The standard InChI is InChI=1S/C14H18N2O3/c1-18-9-10-19-11-14(17)16-13-7-3-2-5-12(13)6-4-8-15/h2-3,5,7H,8-11,15H2,1H3,(H,16,17). The normalized spacial score (nSPS) is 9.58. The van der Waals surface area contributed by atoms with Crippen molar-refractivity contribution in [2.24, 2.45) is 5.73 Å². The Morgan fingerprint density at radius 3 is 2.89 bits per heavy atom. The average Bonchev–Trinajstić information content (AvgIpc) is 2.43. The number of nitrogens with one attached hydrogen (secondary N) is 1. The van der Waals surface area contributed by atoms with Crippen LogP contribution in [-0.4, -0.2) is 39.4 Å². The molecule has 0 aliphatic carbocycles. The zero-order valence-electron chi connectivity index (χ0n) is 10.9. The summed E-state index contributed by atoms with van der Waals surface area (Å²) in [6, 6.07) is 7.29. The first kappa shape index (κ1) is 15.2. The van der Waals surface area contributed by atoms with Crippen LogP contribution in [0.2, 0.25) is 0 Å². The van der Waals surface area contributed by atoms with Gasteiger partial charge in [0.25, 0.3) is 0 Å². The number of ether oxygens (including phenoxy) is 2. The Morgan fingerprint density at radius 2 is 2.16 bits per heavy atom. The van der Waals surface area contributed by atoms with Crippen LogP contribution in [0.1, 0.15) is 5.56 Å². The third kappa shape index (κ3) is 6.02. The molecule has 1 amide bonds. The Labute approximate surface area is 113 Å². The first-order valence-electron chi connectivity index (χ1n) is 5.92. The molecule has 0 aliphatic rings. The van der Waals surface area contributed by atoms with E-state index in [-0.39, 0.29) is 19.1 Å². The van der Waals surface area contributed by atoms with Crippen molar-refractivity contribution in [3.63, 3.8) is 0 Å². The van der Waals surface area contributed by atoms with Crippen molar-refractivity contribution < 1.29 is 14.3 Å². The molecule has 0 radical (unpaired) electrons. The summed E-state index contributed by atoms with van der Waals surface area (Å²) in [6.45, 7) is 1.12. The van der Waals surface area contributed by atoms with E-state index in [0.29, 0.717) is 18.9 Å². The fraction of sp³-hybridized carbons (Fsp3) is 0.357. The van der Waals surface area contributed by atoms with Gasteiger partial charge >= 0.3 is 0 Å². The summed E-state index contributed by atoms with van der Waals surface area (Å²) in [6.07, 6.45) is 0. The Balaban J connectivity index is 2.54. The number of carbonyl (C=O) groups excluding carboxylic acids is 1. The maximum Gasteiger partial charge on any atom is 0.250 e. The van der Waals surface area contributed by atoms with Crippen molar-refractivity contribution in [3.8, 4) is 11.8 Å². The van der Waals surface area contributed by atoms with Crippen molar-refractivity contribution in [2.75, 3.05) is 38.8 Å². The minimum atomic E-state index is -0.224. The van der Waals surface area contributed by atoms with Crippen LogP contribution in [0.25, 0.3) is 0 Å². The van der Waals surface area contributed by atoms with Gasteiger partial charge in [-0.05, 0) is 12.1 Å². The van der Waals surface area contributed by atoms with E-state index < -0.39 is 0 Å². The number of rotatable bonds is 6. The molecule has 19 heavy (non-hydrogen) atoms. The molecule has 1 aromatic carbocycles. The van der Waals surface area contributed by atoms with Crippen LogP contribution < -0.4 is 11.1 Å². The van der Waals surface area contributed by atoms with Crippen LogP contribution in [-0.2, 0) is 14.3 Å². The third-order valence-electron chi connectivity index (χ3n) is 2.19. The van der Waals surface area contributed by atoms with Gasteiger partial charge < -0.3 is 20.5 Å². The highest BCUT2D eigenvalue weighted by molar-refractivity contribution is 5.93. The third-order valence-corrected chi connectivity index (χ3v) is 2.19. The zero-order valence-corrected chi connectivity index (χ0v) is 10.9. The molecule has 0 spiro atoms. The number of para-hydroxylation sites is 1. The lowest BCUT2D eigenvalue weighted by Crippen LogP contribution is -2.20. The van der Waals surface area contributed by atoms with Gasteiger partial charge in [-0.25, -0.2) is 0 Å². The molecular weight excluding hydrogens is 244 g/mol. The van der Waals surface area contributed by atoms with Crippen LogP contribution >= 0.6 is 0 Å². The average molecular weight is 262 g/mol. The van der Waals surface area contributed by atoms with Crippen LogP contribution in [0.15, 0.2) is 24.3 Å². The SMILES string of the molecule is COCCOCC(=O)Nc1ccccc1C#CCN. The van der Waals surface area contributed by atoms with Crippen LogP contribution in [0.5, 0.6) is 0 Å². The van der Waals surface area contributed by atoms with E-state index in [0.717, 1.165) is 5.56 Å². The van der Waals surface area contributed by atoms with Gasteiger partial charge in [-0.1, -0.05) is 24.0 Å². The monoisotopic (exact) mass is 262 g/mol. The Bertz CT molecular complexity index is 463. The highest BCUT2D eigenvalue weighted by Crippen LogP contribution is 2.13. The van der Waals surface area contributed by atoms with Crippen LogP contribution in [0.4, 0.5) is 5.69 Å². The lowest BCUT2D eigenvalue weighted by atomic mass is 10.2. The molecule has 0 atom stereocenters. The zero-order chi connectivity index (χ0) is 13.9. The summed E-state index contributed by atoms with van der Waals surface area (Å²) in [5.41, 5.74) is 6.72. The molecule has 5 heteroatoms. The predicted molar refractivity (Wildman–Crippen MR) is 73.7 cm³/mol. The molecule has 0 unspecified atom stereocenters. The fourth-order valence-electron chi connectivity index (χ4n) is 1.34. The van der Waals surface area contributed by atoms with Crippen LogP contribution in [0, 0.1) is 11.8 Å². The van der Waals surface area contributed by atoms with Gasteiger partial charge in [-0.2, -0.15) is 0 Å². The number of amides is 1. The number of benzene rings is 1. The van der Waals surface area contributed by atoms with Crippen molar-refractivity contribution in [1.29, 1.82) is 0 Å². The molecular formula is C14H18N2O3. The van der Waals surface area contributed by atoms with Crippen molar-refractivity contribution >= 4 is 11.6 Å². The summed E-state index contributed by atoms with van der Waals surface area (Å²) in [4.78, 5) is 11.7. The van der Waals surface area contributed by atoms with Crippen molar-refractivity contribution in [3.05, 3.63) is 29.8 Å². The number of hydrogen-bond donors (Lipinski definition) is 2. The summed E-state index contributed by atoms with van der Waals surface area (Å²) in [5.74, 6) is 5.44. The van der Waals surface area contributed by atoms with Gasteiger partial charge in [0.15, 0.2) is 0 Å². The van der Waals surface area contributed by atoms with Gasteiger partial charge in [0.1, 0.15) is 6.61 Å². The maximum atomic E-state index is 11.7. The quantitative estimate of drug-likeness (QED) is 0.581. The van der Waals surface area contributed by atoms with Crippen molar-refractivity contribution in [2.45, 2.75) is 0 Å². The highest BCUT2D eigenvalue weighted by Gasteiger charge is 2.05. The molecule has 0 heterocycles. The van der Waals surface area contributed by atoms with Gasteiger partial charge in [0.2, 0.25) is 5.91 Å². The second kappa shape index (κ2) is 9.11. The molecule has 3 N–H and O–H groups in total. The lowest BCUT2D eigenvalue weighted by Gasteiger charge is -2.07. The van der Waals surface area contributed by atoms with Crippen molar-refractivity contribution in [1.82, 2.24) is 0 Å². The first-order valence-corrected chi connectivity index (χ1v) is 5.92. The minimum Gasteiger partial charge on any atom is -0.382 e. The van der Waals surface area contributed by atoms with E-state index in [1.165, 1.54) is 0 Å². The molecule has 0 saturated carbocycles. The molecule has 102 valence electrons. The highest BCUT2D eigenvalue weighted by atomic mass is 16.5. The van der Waals surface area contributed by atoms with Gasteiger partial charge in [0, 0.05) is 12.7 Å². The maximum absolute atomic E-state index is 11.7. The molecule has 5 nitrogen and oxygen atoms in total. The number of carbonyl (C=O) groups is 1. The van der Waals surface area contributed by atoms with E-state index in [2.05, 4.69) is 17.2 Å². The molecule has 0 saturated heterocycles. The van der Waals surface area contributed by atoms with E-state index in [9.17, 15) is 4.79 Å². The minimum absolute atomic E-state index is 0.0119. The summed E-state index contributed by atoms with van der Waals surface area (Å²) in [5, 5.41) is 2.75. The Hall–Kier alpha value is -1.87. The number of methoxy groups -OCH3 is 1. The topological polar surface area (TPSA) is 73.6 Å². The molecule has 1 rings (SSSR count). The van der Waals surface area contributed by atoms with Gasteiger partial charge in [-0.15, -0.1) is 0 Å². The van der Waals surface area contributed by atoms with Gasteiger partial charge in [0.05, 0.1) is 25.4 Å². The molecule has 0 fully saturated rings. The molecule has 0 aliphatic heterocycles. The smallest absolute Gasteiger partial charge is 0.250 e. The van der Waals surface area contributed by atoms with Crippen LogP contribution in [0.3, 0.4) is 0 Å². The first-order chi connectivity index (χ1) is 9.27. The number of anilines is 1. The Kier molecular flexibility index (Phi) is 7.28. The van der Waals surface area contributed by atoms with Gasteiger partial charge in [-0.3, -0.25) is 4.79 Å². The Morgan fingerprint density at radius 1 is 1.37 bits per heavy atom. The fourth-order valence-corrected chi connectivity index (χ4v) is 1.34.